The SMILES string of the molecule is CCCCCCC1(C)c2ccc#cc2-c2ccc(N(C)C3C=CC(C4C=CC=C(c5cccc(-c6cccc(C)c6)c5)C4)=CC3)cc21. The predicted molar refractivity (Wildman–Crippen MR) is 201 cm³/mol. The number of unbranched alkanes of at least 4 members (excludes halogenated alkanes) is 3. The Morgan fingerprint density at radius 3 is 2.51 bits per heavy atom. The second-order valence-corrected chi connectivity index (χ2v) is 14.1. The Bertz CT molecular complexity index is 1880. The topological polar surface area (TPSA) is 3.24 Å². The van der Waals surface area contributed by atoms with Gasteiger partial charge in [-0.1, -0.05) is 142 Å². The highest BCUT2D eigenvalue weighted by atomic mass is 15.1. The fraction of sp³-hybridized carbons (Fsp3) is 0.304. The molecular formula is C46H47N. The minimum Gasteiger partial charge on any atom is -0.368 e. The molecule has 7 rings (SSSR count). The molecule has 0 heterocycles. The molecule has 3 atom stereocenters. The van der Waals surface area contributed by atoms with Crippen LogP contribution in [-0.2, 0) is 5.41 Å². The molecule has 0 aliphatic heterocycles. The maximum atomic E-state index is 3.47. The zero-order chi connectivity index (χ0) is 32.4. The number of hydrogen-bond donors (Lipinski definition) is 0. The third kappa shape index (κ3) is 6.15. The van der Waals surface area contributed by atoms with Crippen LogP contribution in [0.3, 0.4) is 0 Å². The van der Waals surface area contributed by atoms with E-state index in [2.05, 4.69) is 154 Å². The summed E-state index contributed by atoms with van der Waals surface area (Å²) in [5, 5.41) is 0. The molecule has 3 unspecified atom stereocenters. The van der Waals surface area contributed by atoms with Crippen molar-refractivity contribution in [1.82, 2.24) is 0 Å². The molecule has 0 fully saturated rings. The summed E-state index contributed by atoms with van der Waals surface area (Å²) in [7, 11) is 2.26. The third-order valence-corrected chi connectivity index (χ3v) is 10.9. The van der Waals surface area contributed by atoms with Crippen LogP contribution in [0, 0.1) is 25.0 Å². The number of fused-ring (bicyclic) bond motifs is 3. The van der Waals surface area contributed by atoms with E-state index in [-0.39, 0.29) is 5.41 Å². The van der Waals surface area contributed by atoms with Gasteiger partial charge in [0.25, 0.3) is 0 Å². The summed E-state index contributed by atoms with van der Waals surface area (Å²) < 4.78 is 0. The Morgan fingerprint density at radius 2 is 1.70 bits per heavy atom. The highest BCUT2D eigenvalue weighted by Crippen LogP contribution is 2.51. The second-order valence-electron chi connectivity index (χ2n) is 14.1. The Labute approximate surface area is 283 Å². The van der Waals surface area contributed by atoms with E-state index < -0.39 is 0 Å². The van der Waals surface area contributed by atoms with Crippen molar-refractivity contribution in [1.29, 1.82) is 0 Å². The van der Waals surface area contributed by atoms with Crippen LogP contribution < -0.4 is 4.90 Å². The van der Waals surface area contributed by atoms with Crippen molar-refractivity contribution in [3.8, 4) is 22.3 Å². The third-order valence-electron chi connectivity index (χ3n) is 10.9. The van der Waals surface area contributed by atoms with Crippen LogP contribution in [0.4, 0.5) is 5.69 Å². The van der Waals surface area contributed by atoms with E-state index in [1.807, 2.05) is 6.07 Å². The molecule has 0 saturated heterocycles. The monoisotopic (exact) mass is 613 g/mol. The zero-order valence-electron chi connectivity index (χ0n) is 28.5. The molecule has 4 aromatic carbocycles. The average Bonchev–Trinajstić information content (AvgIpc) is 3.37. The molecule has 0 aromatic heterocycles. The number of benzene rings is 3. The fourth-order valence-electron chi connectivity index (χ4n) is 8.03. The van der Waals surface area contributed by atoms with E-state index in [0.29, 0.717) is 12.0 Å². The van der Waals surface area contributed by atoms with Crippen molar-refractivity contribution >= 4 is 11.3 Å². The number of allylic oxidation sites excluding steroid dienone is 6. The lowest BCUT2D eigenvalue weighted by Gasteiger charge is -2.32. The van der Waals surface area contributed by atoms with Crippen molar-refractivity contribution in [2.24, 2.45) is 5.92 Å². The van der Waals surface area contributed by atoms with Crippen LogP contribution in [0.5, 0.6) is 0 Å². The summed E-state index contributed by atoms with van der Waals surface area (Å²) >= 11 is 0. The van der Waals surface area contributed by atoms with Crippen LogP contribution in [0.15, 0.2) is 121 Å². The number of anilines is 1. The van der Waals surface area contributed by atoms with Gasteiger partial charge in [-0.2, -0.15) is 0 Å². The minimum absolute atomic E-state index is 0.0223. The molecule has 0 amide bonds. The number of aryl methyl sites for hydroxylation is 1. The van der Waals surface area contributed by atoms with Gasteiger partial charge in [-0.15, -0.1) is 0 Å². The molecule has 3 aliphatic rings. The van der Waals surface area contributed by atoms with Gasteiger partial charge in [-0.25, -0.2) is 0 Å². The van der Waals surface area contributed by atoms with E-state index in [9.17, 15) is 0 Å². The first kappa shape index (κ1) is 31.1. The summed E-state index contributed by atoms with van der Waals surface area (Å²) in [6, 6.07) is 36.3. The van der Waals surface area contributed by atoms with Crippen molar-refractivity contribution < 1.29 is 0 Å². The summed E-state index contributed by atoms with van der Waals surface area (Å²) in [5.74, 6) is 0.403. The van der Waals surface area contributed by atoms with E-state index >= 15 is 0 Å². The number of rotatable bonds is 10. The number of hydrogen-bond acceptors (Lipinski definition) is 1. The van der Waals surface area contributed by atoms with Gasteiger partial charge < -0.3 is 4.90 Å². The lowest BCUT2D eigenvalue weighted by atomic mass is 9.76. The molecular weight excluding hydrogens is 567 g/mol. The summed E-state index contributed by atoms with van der Waals surface area (Å²) in [6.45, 7) is 6.91. The molecule has 236 valence electrons. The summed E-state index contributed by atoms with van der Waals surface area (Å²) in [5.41, 5.74) is 14.8. The molecule has 0 radical (unpaired) electrons. The standard InChI is InChI=1S/C46H47N/c1-5-6-7-10-28-46(3)44-21-9-8-20-42(44)43-27-26-41(32-45(43)46)47(4)40-24-22-34(23-25-40)36-16-12-18-38(30-36)39-19-13-17-37(31-39)35-15-11-14-33(2)29-35/h9,11-19,21-24,26-27,29,31-32,36,40H,5-7,10,25,28,30H2,1-4H3. The quantitative estimate of drug-likeness (QED) is 0.161. The smallest absolute Gasteiger partial charge is 0.0507 e. The molecule has 0 spiro atoms. The van der Waals surface area contributed by atoms with Gasteiger partial charge >= 0.3 is 0 Å². The Balaban J connectivity index is 1.05. The van der Waals surface area contributed by atoms with Gasteiger partial charge in [-0.05, 0) is 101 Å². The van der Waals surface area contributed by atoms with Crippen molar-refractivity contribution in [2.45, 2.75) is 77.2 Å². The van der Waals surface area contributed by atoms with Gasteiger partial charge in [0.2, 0.25) is 0 Å². The van der Waals surface area contributed by atoms with Gasteiger partial charge in [-0.3, -0.25) is 0 Å². The normalized spacial score (nSPS) is 21.0. The lowest BCUT2D eigenvalue weighted by molar-refractivity contribution is 0.487. The van der Waals surface area contributed by atoms with Gasteiger partial charge in [0.15, 0.2) is 0 Å². The highest BCUT2D eigenvalue weighted by molar-refractivity contribution is 5.82. The largest absolute Gasteiger partial charge is 0.368 e. The zero-order valence-corrected chi connectivity index (χ0v) is 28.5. The molecule has 0 saturated carbocycles. The van der Waals surface area contributed by atoms with Crippen LogP contribution in [0.1, 0.15) is 81.0 Å². The molecule has 0 N–H and O–H groups in total. The Hall–Kier alpha value is -4.54. The lowest BCUT2D eigenvalue weighted by Crippen LogP contribution is -2.31. The number of likely N-dealkylation sites (N-methyl/N-ethyl adjacent to an activating group) is 1. The predicted octanol–water partition coefficient (Wildman–Crippen LogP) is 11.9. The Kier molecular flexibility index (Phi) is 8.79. The van der Waals surface area contributed by atoms with E-state index in [4.69, 9.17) is 0 Å². The number of nitrogens with zero attached hydrogens (tertiary/aromatic N) is 1. The first-order valence-electron chi connectivity index (χ1n) is 17.7. The first-order valence-corrected chi connectivity index (χ1v) is 17.7. The molecule has 0 bridgehead atoms. The van der Waals surface area contributed by atoms with Crippen LogP contribution in [-0.4, -0.2) is 13.1 Å². The first-order chi connectivity index (χ1) is 22.9. The van der Waals surface area contributed by atoms with Crippen molar-refractivity contribution in [3.05, 3.63) is 155 Å². The molecule has 1 heteroatoms. The second kappa shape index (κ2) is 13.3. The maximum Gasteiger partial charge on any atom is 0.0507 e. The van der Waals surface area contributed by atoms with Crippen molar-refractivity contribution in [2.75, 3.05) is 11.9 Å². The van der Waals surface area contributed by atoms with Gasteiger partial charge in [0, 0.05) is 29.6 Å². The average molecular weight is 614 g/mol. The molecule has 3 aliphatic carbocycles. The van der Waals surface area contributed by atoms with E-state index in [1.54, 1.807) is 0 Å². The molecule has 1 nitrogen and oxygen atoms in total. The van der Waals surface area contributed by atoms with Crippen LogP contribution in [0.2, 0.25) is 0 Å². The van der Waals surface area contributed by atoms with E-state index in [0.717, 1.165) is 12.8 Å². The van der Waals surface area contributed by atoms with Gasteiger partial charge in [0.05, 0.1) is 6.04 Å². The summed E-state index contributed by atoms with van der Waals surface area (Å²) in [4.78, 5) is 2.47. The molecule has 47 heavy (non-hydrogen) atoms. The molecule has 4 aromatic rings. The maximum absolute atomic E-state index is 3.47. The minimum atomic E-state index is 0.0223. The van der Waals surface area contributed by atoms with Crippen LogP contribution >= 0.6 is 0 Å². The fourth-order valence-corrected chi connectivity index (χ4v) is 8.03. The van der Waals surface area contributed by atoms with E-state index in [1.165, 1.54) is 93.4 Å². The van der Waals surface area contributed by atoms with Crippen LogP contribution in [0.25, 0.3) is 27.8 Å². The van der Waals surface area contributed by atoms with Crippen molar-refractivity contribution in [3.63, 3.8) is 0 Å². The summed E-state index contributed by atoms with van der Waals surface area (Å²) in [6.07, 6.45) is 22.6. The van der Waals surface area contributed by atoms with Gasteiger partial charge in [0.1, 0.15) is 0 Å². The highest BCUT2D eigenvalue weighted by Gasteiger charge is 2.39. The Morgan fingerprint density at radius 1 is 0.872 bits per heavy atom.